The van der Waals surface area contributed by atoms with Crippen molar-refractivity contribution in [1.29, 1.82) is 0 Å². The van der Waals surface area contributed by atoms with Gasteiger partial charge in [0.1, 0.15) is 6.54 Å². The fourth-order valence-electron chi connectivity index (χ4n) is 3.17. The second-order valence-electron chi connectivity index (χ2n) is 6.63. The molecule has 3 rings (SSSR count). The maximum absolute atomic E-state index is 5.32. The van der Waals surface area contributed by atoms with Crippen molar-refractivity contribution in [2.45, 2.75) is 45.7 Å². The average Bonchev–Trinajstić information content (AvgIpc) is 3.29. The van der Waals surface area contributed by atoms with Gasteiger partial charge < -0.3 is 20.1 Å². The highest BCUT2D eigenvalue weighted by molar-refractivity contribution is 14.0. The van der Waals surface area contributed by atoms with Crippen molar-refractivity contribution < 1.29 is 4.52 Å². The van der Waals surface area contributed by atoms with E-state index in [0.29, 0.717) is 12.6 Å². The lowest BCUT2D eigenvalue weighted by molar-refractivity contribution is 0.379. The zero-order valence-corrected chi connectivity index (χ0v) is 18.6. The number of anilines is 1. The number of aliphatic imine (C=N–C) groups is 1. The van der Waals surface area contributed by atoms with E-state index in [9.17, 15) is 0 Å². The van der Waals surface area contributed by atoms with Crippen LogP contribution < -0.4 is 15.5 Å². The Labute approximate surface area is 177 Å². The quantitative estimate of drug-likeness (QED) is 0.370. The summed E-state index contributed by atoms with van der Waals surface area (Å²) in [5.41, 5.74) is 2.14. The molecule has 0 aromatic carbocycles. The van der Waals surface area contributed by atoms with Gasteiger partial charge in [0.25, 0.3) is 0 Å². The fourth-order valence-corrected chi connectivity index (χ4v) is 3.17. The van der Waals surface area contributed by atoms with Crippen molar-refractivity contribution in [3.63, 3.8) is 0 Å². The molecule has 1 aliphatic rings. The van der Waals surface area contributed by atoms with Crippen molar-refractivity contribution in [3.05, 3.63) is 29.9 Å². The summed E-state index contributed by atoms with van der Waals surface area (Å²) in [6, 6.07) is 2.32. The van der Waals surface area contributed by atoms with E-state index in [-0.39, 0.29) is 24.0 Å². The van der Waals surface area contributed by atoms with Crippen LogP contribution in [0, 0.1) is 0 Å². The lowest BCUT2D eigenvalue weighted by atomic mass is 10.1. The largest absolute Gasteiger partial charge is 0.367 e. The van der Waals surface area contributed by atoms with Crippen LogP contribution in [0.15, 0.2) is 28.0 Å². The summed E-state index contributed by atoms with van der Waals surface area (Å²) in [7, 11) is 1.95. The van der Waals surface area contributed by atoms with Crippen LogP contribution in [-0.2, 0) is 20.0 Å². The Bertz CT molecular complexity index is 727. The van der Waals surface area contributed by atoms with Crippen molar-refractivity contribution >= 4 is 35.6 Å². The van der Waals surface area contributed by atoms with E-state index in [1.165, 1.54) is 5.69 Å². The number of aryl methyl sites for hydroxylation is 2. The molecule has 1 unspecified atom stereocenters. The van der Waals surface area contributed by atoms with Crippen LogP contribution >= 0.6 is 24.0 Å². The molecule has 2 aromatic heterocycles. The first-order chi connectivity index (χ1) is 12.7. The number of hydrogen-bond donors (Lipinski definition) is 2. The zero-order chi connectivity index (χ0) is 18.4. The van der Waals surface area contributed by atoms with Crippen LogP contribution in [0.1, 0.15) is 38.1 Å². The molecule has 0 spiro atoms. The summed E-state index contributed by atoms with van der Waals surface area (Å²) < 4.78 is 7.17. The number of piperidine rings is 1. The molecule has 1 aliphatic heterocycles. The molecule has 1 saturated heterocycles. The lowest BCUT2D eigenvalue weighted by Crippen LogP contribution is -2.51. The van der Waals surface area contributed by atoms with Gasteiger partial charge in [0.15, 0.2) is 11.7 Å². The number of halogens is 1. The smallest absolute Gasteiger partial charge is 0.191 e. The molecule has 0 bridgehead atoms. The molecular formula is C18H30IN7O. The highest BCUT2D eigenvalue weighted by Crippen LogP contribution is 2.19. The Morgan fingerprint density at radius 2 is 2.26 bits per heavy atom. The second kappa shape index (κ2) is 10.5. The van der Waals surface area contributed by atoms with E-state index in [1.54, 1.807) is 0 Å². The number of nitrogens with zero attached hydrogens (tertiary/aromatic N) is 5. The lowest BCUT2D eigenvalue weighted by Gasteiger charge is -2.34. The first-order valence-electron chi connectivity index (χ1n) is 9.40. The normalized spacial score (nSPS) is 17.5. The summed E-state index contributed by atoms with van der Waals surface area (Å²) in [5.74, 6) is 1.61. The predicted molar refractivity (Wildman–Crippen MR) is 118 cm³/mol. The molecule has 1 fully saturated rings. The molecule has 3 heterocycles. The summed E-state index contributed by atoms with van der Waals surface area (Å²) in [4.78, 5) is 7.03. The van der Waals surface area contributed by atoms with Gasteiger partial charge in [-0.2, -0.15) is 5.10 Å². The molecule has 0 saturated carbocycles. The minimum absolute atomic E-state index is 0. The minimum atomic E-state index is 0. The molecule has 150 valence electrons. The van der Waals surface area contributed by atoms with Crippen molar-refractivity contribution in [1.82, 2.24) is 25.6 Å². The number of hydrogen-bond acceptors (Lipinski definition) is 5. The molecule has 0 amide bonds. The van der Waals surface area contributed by atoms with Crippen molar-refractivity contribution in [2.75, 3.05) is 24.5 Å². The summed E-state index contributed by atoms with van der Waals surface area (Å²) >= 11 is 0. The first-order valence-corrected chi connectivity index (χ1v) is 9.40. The van der Waals surface area contributed by atoms with Crippen molar-refractivity contribution in [3.8, 4) is 0 Å². The number of aromatic nitrogens is 3. The Morgan fingerprint density at radius 3 is 2.93 bits per heavy atom. The second-order valence-corrected chi connectivity index (χ2v) is 6.63. The molecule has 9 heteroatoms. The third-order valence-corrected chi connectivity index (χ3v) is 4.53. The monoisotopic (exact) mass is 487 g/mol. The van der Waals surface area contributed by atoms with Gasteiger partial charge in [0.05, 0.1) is 17.6 Å². The van der Waals surface area contributed by atoms with E-state index in [0.717, 1.165) is 56.3 Å². The highest BCUT2D eigenvalue weighted by Gasteiger charge is 2.21. The zero-order valence-electron chi connectivity index (χ0n) is 16.3. The van der Waals surface area contributed by atoms with Gasteiger partial charge in [-0.25, -0.2) is 4.99 Å². The molecule has 2 aromatic rings. The van der Waals surface area contributed by atoms with Gasteiger partial charge in [-0.3, -0.25) is 4.68 Å². The minimum Gasteiger partial charge on any atom is -0.367 e. The topological polar surface area (TPSA) is 83.5 Å². The Morgan fingerprint density at radius 1 is 1.41 bits per heavy atom. The Balaban J connectivity index is 0.00000261. The van der Waals surface area contributed by atoms with Gasteiger partial charge in [-0.15, -0.1) is 24.0 Å². The fraction of sp³-hybridized carbons (Fsp3) is 0.611. The molecule has 0 radical (unpaired) electrons. The summed E-state index contributed by atoms with van der Waals surface area (Å²) in [6.45, 7) is 7.45. The average molecular weight is 487 g/mol. The maximum Gasteiger partial charge on any atom is 0.191 e. The summed E-state index contributed by atoms with van der Waals surface area (Å²) in [5, 5.41) is 15.2. The number of guanidine groups is 1. The van der Waals surface area contributed by atoms with Crippen LogP contribution in [0.4, 0.5) is 5.69 Å². The third kappa shape index (κ3) is 6.12. The first kappa shape index (κ1) is 21.5. The highest BCUT2D eigenvalue weighted by atomic mass is 127. The maximum atomic E-state index is 5.32. The predicted octanol–water partition coefficient (Wildman–Crippen LogP) is 2.31. The van der Waals surface area contributed by atoms with E-state index in [1.807, 2.05) is 24.0 Å². The van der Waals surface area contributed by atoms with Crippen LogP contribution in [-0.4, -0.2) is 46.6 Å². The summed E-state index contributed by atoms with van der Waals surface area (Å²) in [6.07, 6.45) is 7.14. The van der Waals surface area contributed by atoms with Crippen LogP contribution in [0.5, 0.6) is 0 Å². The van der Waals surface area contributed by atoms with Gasteiger partial charge in [-0.05, 0) is 26.2 Å². The molecule has 2 N–H and O–H groups in total. The molecular weight excluding hydrogens is 457 g/mol. The van der Waals surface area contributed by atoms with E-state index in [2.05, 4.69) is 50.8 Å². The van der Waals surface area contributed by atoms with E-state index in [4.69, 9.17) is 4.52 Å². The van der Waals surface area contributed by atoms with Gasteiger partial charge >= 0.3 is 0 Å². The van der Waals surface area contributed by atoms with Crippen molar-refractivity contribution in [2.24, 2.45) is 12.0 Å². The van der Waals surface area contributed by atoms with Gasteiger partial charge in [-0.1, -0.05) is 12.1 Å². The Kier molecular flexibility index (Phi) is 8.39. The van der Waals surface area contributed by atoms with Crippen LogP contribution in [0.2, 0.25) is 0 Å². The molecule has 8 nitrogen and oxygen atoms in total. The van der Waals surface area contributed by atoms with E-state index >= 15 is 0 Å². The van der Waals surface area contributed by atoms with Gasteiger partial charge in [0, 0.05) is 45.0 Å². The Hall–Kier alpha value is -1.78. The van der Waals surface area contributed by atoms with Crippen LogP contribution in [0.3, 0.4) is 0 Å². The van der Waals surface area contributed by atoms with E-state index < -0.39 is 0 Å². The molecule has 27 heavy (non-hydrogen) atoms. The van der Waals surface area contributed by atoms with Gasteiger partial charge in [0.2, 0.25) is 0 Å². The SMILES string of the molecule is CCNC(=NCc1cc(CC)no1)NC1CCCN(c2cnn(C)c2)C1.I. The van der Waals surface area contributed by atoms with Crippen LogP contribution in [0.25, 0.3) is 0 Å². The number of nitrogens with one attached hydrogen (secondary N) is 2. The third-order valence-electron chi connectivity index (χ3n) is 4.53. The standard InChI is InChI=1S/C18H29N7O.HI/c1-4-14-9-17(26-23-14)11-20-18(19-5-2)22-15-7-6-8-25(12-15)16-10-21-24(3)13-16;/h9-10,13,15H,4-8,11-12H2,1-3H3,(H2,19,20,22);1H. The molecule has 0 aliphatic carbocycles. The molecule has 1 atom stereocenters. The number of rotatable bonds is 6.